The van der Waals surface area contributed by atoms with Crippen molar-refractivity contribution in [3.63, 3.8) is 0 Å². The zero-order valence-corrected chi connectivity index (χ0v) is 21.7. The molecular weight excluding hydrogens is 520 g/mol. The average Bonchev–Trinajstić information content (AvgIpc) is 3.35. The molecule has 2 atom stereocenters. The highest BCUT2D eigenvalue weighted by atomic mass is 19.1. The maximum atomic E-state index is 13.6. The highest BCUT2D eigenvalue weighted by Crippen LogP contribution is 2.38. The van der Waals surface area contributed by atoms with Crippen molar-refractivity contribution in [2.24, 2.45) is 5.16 Å². The maximum Gasteiger partial charge on any atom is 0.303 e. The summed E-state index contributed by atoms with van der Waals surface area (Å²) in [6.45, 7) is 1.72. The molecule has 0 aliphatic carbocycles. The van der Waals surface area contributed by atoms with Crippen LogP contribution in [0, 0.1) is 11.6 Å². The van der Waals surface area contributed by atoms with Crippen molar-refractivity contribution in [2.75, 3.05) is 0 Å². The minimum atomic E-state index is -1.09. The third-order valence-electron chi connectivity index (χ3n) is 7.04. The lowest BCUT2D eigenvalue weighted by Gasteiger charge is -2.27. The zero-order chi connectivity index (χ0) is 28.4. The van der Waals surface area contributed by atoms with Crippen LogP contribution in [0.25, 0.3) is 16.6 Å². The molecule has 0 unspecified atom stereocenters. The van der Waals surface area contributed by atoms with Crippen molar-refractivity contribution in [3.05, 3.63) is 106 Å². The van der Waals surface area contributed by atoms with Crippen LogP contribution in [0.1, 0.15) is 55.7 Å². The quantitative estimate of drug-likeness (QED) is 0.283. The van der Waals surface area contributed by atoms with E-state index in [-0.39, 0.29) is 18.4 Å². The molecule has 0 saturated carbocycles. The summed E-state index contributed by atoms with van der Waals surface area (Å²) < 4.78 is 28.3. The maximum absolute atomic E-state index is 13.6. The average molecular weight is 548 g/mol. The van der Waals surface area contributed by atoms with Crippen molar-refractivity contribution in [3.8, 4) is 5.69 Å². The number of aliphatic hydroxyl groups excluding tert-OH is 1. The Kier molecular flexibility index (Phi) is 7.44. The number of carboxylic acids is 1. The van der Waals surface area contributed by atoms with Gasteiger partial charge in [0.05, 0.1) is 22.3 Å². The van der Waals surface area contributed by atoms with Crippen molar-refractivity contribution in [1.82, 2.24) is 9.55 Å². The predicted molar refractivity (Wildman–Crippen MR) is 144 cm³/mol. The van der Waals surface area contributed by atoms with E-state index in [0.29, 0.717) is 58.5 Å². The lowest BCUT2D eigenvalue weighted by atomic mass is 9.87. The van der Waals surface area contributed by atoms with Crippen molar-refractivity contribution in [1.29, 1.82) is 0 Å². The lowest BCUT2D eigenvalue weighted by Crippen LogP contribution is -2.33. The number of carboxylic acid groups (broad SMARTS) is 1. The molecule has 0 radical (unpaired) electrons. The lowest BCUT2D eigenvalue weighted by molar-refractivity contribution is -0.137. The molecule has 8 nitrogen and oxygen atoms in total. The number of carbonyl (C=O) groups is 1. The van der Waals surface area contributed by atoms with Gasteiger partial charge in [-0.05, 0) is 73.9 Å². The number of rotatable bonds is 9. The summed E-state index contributed by atoms with van der Waals surface area (Å²) in [5, 5.41) is 24.5. The van der Waals surface area contributed by atoms with E-state index in [1.54, 1.807) is 25.1 Å². The summed E-state index contributed by atoms with van der Waals surface area (Å²) >= 11 is 0. The standard InChI is InChI=1S/C30H27F2N3O5/c1-30(28(38)18-6-9-20(31)10-7-18)17-25(34-40-30)19-8-15-23-24(16-19)33-26(4-2-3-5-27(36)37)35(29(23)39)22-13-11-21(32)12-14-22/h6-16,28,38H,2-5,17H2,1H3,(H,36,37)/t28-,30-/m0/s1. The summed E-state index contributed by atoms with van der Waals surface area (Å²) in [4.78, 5) is 35.0. The van der Waals surface area contributed by atoms with E-state index in [9.17, 15) is 23.5 Å². The van der Waals surface area contributed by atoms with Crippen LogP contribution in [0.3, 0.4) is 0 Å². The monoisotopic (exact) mass is 547 g/mol. The van der Waals surface area contributed by atoms with Crippen LogP contribution in [0.4, 0.5) is 8.78 Å². The molecule has 206 valence electrons. The van der Waals surface area contributed by atoms with Gasteiger partial charge in [-0.2, -0.15) is 0 Å². The van der Waals surface area contributed by atoms with Crippen LogP contribution in [0.5, 0.6) is 0 Å². The first-order valence-corrected chi connectivity index (χ1v) is 12.9. The predicted octanol–water partition coefficient (Wildman–Crippen LogP) is 5.08. The second kappa shape index (κ2) is 11.0. The number of aliphatic hydroxyl groups is 1. The molecule has 2 N–H and O–H groups in total. The van der Waals surface area contributed by atoms with Gasteiger partial charge in [0, 0.05) is 24.8 Å². The number of hydrogen-bond acceptors (Lipinski definition) is 6. The van der Waals surface area contributed by atoms with Gasteiger partial charge in [-0.15, -0.1) is 0 Å². The van der Waals surface area contributed by atoms with Crippen LogP contribution in [-0.4, -0.2) is 37.0 Å². The highest BCUT2D eigenvalue weighted by Gasteiger charge is 2.42. The summed E-state index contributed by atoms with van der Waals surface area (Å²) in [6.07, 6.45) is 0.438. The number of fused-ring (bicyclic) bond motifs is 1. The van der Waals surface area contributed by atoms with Gasteiger partial charge in [0.25, 0.3) is 5.56 Å². The van der Waals surface area contributed by atoms with Gasteiger partial charge in [0.1, 0.15) is 23.6 Å². The number of aliphatic carboxylic acids is 1. The first kappa shape index (κ1) is 27.1. The second-order valence-electron chi connectivity index (χ2n) is 10.1. The number of hydrogen-bond donors (Lipinski definition) is 2. The molecule has 0 fully saturated rings. The van der Waals surface area contributed by atoms with Crippen molar-refractivity contribution >= 4 is 22.6 Å². The number of oxime groups is 1. The fourth-order valence-electron chi connectivity index (χ4n) is 4.85. The van der Waals surface area contributed by atoms with Crippen molar-refractivity contribution in [2.45, 2.75) is 50.7 Å². The van der Waals surface area contributed by atoms with E-state index in [1.165, 1.54) is 53.1 Å². The minimum absolute atomic E-state index is 0.000868. The molecule has 1 aromatic heterocycles. The van der Waals surface area contributed by atoms with Gasteiger partial charge in [-0.25, -0.2) is 13.8 Å². The van der Waals surface area contributed by atoms with Crippen LogP contribution in [0.15, 0.2) is 76.7 Å². The molecule has 1 aliphatic rings. The Bertz CT molecular complexity index is 1650. The smallest absolute Gasteiger partial charge is 0.303 e. The SMILES string of the molecule is C[C@@]1([C@@H](O)c2ccc(F)cc2)CC(c2ccc3c(=O)n(-c4ccc(F)cc4)c(CCCCC(=O)O)nc3c2)=NO1. The number of benzene rings is 3. The van der Waals surface area contributed by atoms with Gasteiger partial charge in [-0.1, -0.05) is 23.4 Å². The van der Waals surface area contributed by atoms with E-state index >= 15 is 0 Å². The Hall–Kier alpha value is -4.44. The molecular formula is C30H27F2N3O5. The fourth-order valence-corrected chi connectivity index (χ4v) is 4.85. The molecule has 4 aromatic rings. The Morgan fingerprint density at radius 2 is 1.73 bits per heavy atom. The molecule has 2 heterocycles. The van der Waals surface area contributed by atoms with Gasteiger partial charge < -0.3 is 15.1 Å². The fraction of sp³-hybridized carbons (Fsp3) is 0.267. The number of nitrogens with zero attached hydrogens (tertiary/aromatic N) is 3. The first-order chi connectivity index (χ1) is 19.1. The van der Waals surface area contributed by atoms with E-state index in [1.807, 2.05) is 0 Å². The molecule has 10 heteroatoms. The molecule has 0 bridgehead atoms. The summed E-state index contributed by atoms with van der Waals surface area (Å²) in [6, 6.07) is 16.1. The topological polar surface area (TPSA) is 114 Å². The van der Waals surface area contributed by atoms with Crippen LogP contribution >= 0.6 is 0 Å². The van der Waals surface area contributed by atoms with Gasteiger partial charge in [0.15, 0.2) is 5.60 Å². The van der Waals surface area contributed by atoms with Crippen LogP contribution in [-0.2, 0) is 16.1 Å². The molecule has 40 heavy (non-hydrogen) atoms. The number of aryl methyl sites for hydroxylation is 1. The summed E-state index contributed by atoms with van der Waals surface area (Å²) in [5.41, 5.74) is 1.16. The second-order valence-corrected chi connectivity index (χ2v) is 10.1. The highest BCUT2D eigenvalue weighted by molar-refractivity contribution is 6.04. The van der Waals surface area contributed by atoms with E-state index < -0.39 is 29.3 Å². The molecule has 1 aliphatic heterocycles. The number of aromatic nitrogens is 2. The Labute approximate surface area is 228 Å². The Morgan fingerprint density at radius 1 is 1.05 bits per heavy atom. The first-order valence-electron chi connectivity index (χ1n) is 12.9. The van der Waals surface area contributed by atoms with Gasteiger partial charge in [-0.3, -0.25) is 14.2 Å². The van der Waals surface area contributed by atoms with E-state index in [0.717, 1.165) is 0 Å². The third kappa shape index (κ3) is 5.48. The third-order valence-corrected chi connectivity index (χ3v) is 7.04. The van der Waals surface area contributed by atoms with Gasteiger partial charge in [0.2, 0.25) is 0 Å². The van der Waals surface area contributed by atoms with Gasteiger partial charge >= 0.3 is 5.97 Å². The largest absolute Gasteiger partial charge is 0.481 e. The molecule has 0 spiro atoms. The minimum Gasteiger partial charge on any atom is -0.481 e. The summed E-state index contributed by atoms with van der Waals surface area (Å²) in [5.74, 6) is -1.32. The normalized spacial score (nSPS) is 17.4. The van der Waals surface area contributed by atoms with Crippen LogP contribution in [0.2, 0.25) is 0 Å². The Morgan fingerprint density at radius 3 is 2.40 bits per heavy atom. The summed E-state index contributed by atoms with van der Waals surface area (Å²) in [7, 11) is 0. The molecule has 5 rings (SSSR count). The molecule has 3 aromatic carbocycles. The molecule has 0 saturated heterocycles. The zero-order valence-electron chi connectivity index (χ0n) is 21.7. The number of unbranched alkanes of at least 4 members (excludes halogenated alkanes) is 1. The molecule has 0 amide bonds. The van der Waals surface area contributed by atoms with Crippen molar-refractivity contribution < 1.29 is 28.6 Å². The van der Waals surface area contributed by atoms with Crippen LogP contribution < -0.4 is 5.56 Å². The van der Waals surface area contributed by atoms with E-state index in [2.05, 4.69) is 5.16 Å². The van der Waals surface area contributed by atoms with E-state index in [4.69, 9.17) is 14.9 Å². The number of halogens is 2. The Balaban J connectivity index is 1.47.